The molecule has 0 unspecified atom stereocenters. The number of hydrogen-bond donors (Lipinski definition) is 5. The molecule has 3 aromatic carbocycles. The van der Waals surface area contributed by atoms with Crippen molar-refractivity contribution in [3.05, 3.63) is 83.4 Å². The molecule has 0 saturated carbocycles. The Bertz CT molecular complexity index is 1320. The molecule has 43 heavy (non-hydrogen) atoms. The van der Waals surface area contributed by atoms with Crippen LogP contribution in [0.4, 0.5) is 5.69 Å². The van der Waals surface area contributed by atoms with Crippen molar-refractivity contribution in [3.63, 3.8) is 0 Å². The predicted molar refractivity (Wildman–Crippen MR) is 171 cm³/mol. The van der Waals surface area contributed by atoms with E-state index in [1.165, 1.54) is 0 Å². The van der Waals surface area contributed by atoms with Crippen molar-refractivity contribution in [2.45, 2.75) is 44.9 Å². The van der Waals surface area contributed by atoms with Crippen LogP contribution in [-0.2, 0) is 13.0 Å². The van der Waals surface area contributed by atoms with Gasteiger partial charge in [0.2, 0.25) is 0 Å². The maximum Gasteiger partial charge on any atom is 0.251 e. The minimum Gasteiger partial charge on any atom is -0.497 e. The van der Waals surface area contributed by atoms with E-state index in [1.54, 1.807) is 42.8 Å². The molecule has 11 heteroatoms. The highest BCUT2D eigenvalue weighted by Gasteiger charge is 2.29. The zero-order chi connectivity index (χ0) is 30.8. The Morgan fingerprint density at radius 2 is 1.67 bits per heavy atom. The Kier molecular flexibility index (Phi) is 11.5. The van der Waals surface area contributed by atoms with Crippen LogP contribution in [0.15, 0.2) is 66.7 Å². The number of aliphatic hydroxyl groups is 1. The summed E-state index contributed by atoms with van der Waals surface area (Å²) in [6.45, 7) is 3.39. The molecule has 1 amide bonds. The van der Waals surface area contributed by atoms with E-state index in [0.717, 1.165) is 24.0 Å². The molecule has 0 aromatic heterocycles. The van der Waals surface area contributed by atoms with Gasteiger partial charge in [0, 0.05) is 37.3 Å². The van der Waals surface area contributed by atoms with E-state index in [4.69, 9.17) is 14.2 Å². The molecular weight excluding hydrogens is 570 g/mol. The Labute approximate surface area is 255 Å². The molecule has 3 aromatic rings. The maximum atomic E-state index is 13.7. The van der Waals surface area contributed by atoms with Gasteiger partial charge in [0.05, 0.1) is 44.4 Å². The van der Waals surface area contributed by atoms with Gasteiger partial charge >= 0.3 is 0 Å². The Hall–Kier alpha value is -3.48. The smallest absolute Gasteiger partial charge is 0.251 e. The number of carbonyl (C=O) groups is 1. The fourth-order valence-electron chi connectivity index (χ4n) is 5.09. The third-order valence-corrected chi connectivity index (χ3v) is 9.24. The lowest BCUT2D eigenvalue weighted by Crippen LogP contribution is -2.48. The molecule has 4 rings (SSSR count). The molecule has 234 valence electrons. The summed E-state index contributed by atoms with van der Waals surface area (Å²) in [4.78, 5) is 13.7. The number of amides is 1. The Morgan fingerprint density at radius 1 is 0.953 bits per heavy atom. The monoisotopic (exact) mass is 613 g/mol. The van der Waals surface area contributed by atoms with Crippen molar-refractivity contribution in [1.82, 2.24) is 10.6 Å². The Morgan fingerprint density at radius 3 is 2.33 bits per heavy atom. The third-order valence-electron chi connectivity index (χ3n) is 7.31. The molecule has 1 aliphatic heterocycles. The van der Waals surface area contributed by atoms with Crippen LogP contribution < -0.4 is 29.1 Å². The fourth-order valence-corrected chi connectivity index (χ4v) is 6.77. The van der Waals surface area contributed by atoms with E-state index in [9.17, 15) is 19.0 Å². The summed E-state index contributed by atoms with van der Waals surface area (Å²) in [6, 6.07) is 19.7. The maximum absolute atomic E-state index is 13.7. The van der Waals surface area contributed by atoms with Crippen LogP contribution in [-0.4, -0.2) is 71.9 Å². The lowest BCUT2D eigenvalue weighted by atomic mass is 10.00. The molecule has 0 bridgehead atoms. The highest BCUT2D eigenvalue weighted by Crippen LogP contribution is 2.50. The zero-order valence-electron chi connectivity index (χ0n) is 25.0. The summed E-state index contributed by atoms with van der Waals surface area (Å²) in [5.74, 6) is 1.69. The number of hydrogen-bond acceptors (Lipinski definition) is 9. The molecule has 0 radical (unpaired) electrons. The first-order valence-electron chi connectivity index (χ1n) is 14.5. The summed E-state index contributed by atoms with van der Waals surface area (Å²) < 4.78 is 39.4. The average Bonchev–Trinajstić information content (AvgIpc) is 3.00. The van der Waals surface area contributed by atoms with Gasteiger partial charge in [0.1, 0.15) is 17.2 Å². The van der Waals surface area contributed by atoms with Gasteiger partial charge in [-0.3, -0.25) is 18.2 Å². The molecule has 0 spiro atoms. The minimum atomic E-state index is -2.99. The number of anilines is 1. The van der Waals surface area contributed by atoms with Gasteiger partial charge in [-0.05, 0) is 61.6 Å². The lowest BCUT2D eigenvalue weighted by Gasteiger charge is -2.47. The van der Waals surface area contributed by atoms with Crippen LogP contribution >= 0.6 is 10.8 Å². The van der Waals surface area contributed by atoms with Gasteiger partial charge in [-0.1, -0.05) is 30.3 Å². The van der Waals surface area contributed by atoms with Crippen molar-refractivity contribution in [2.24, 2.45) is 0 Å². The lowest BCUT2D eigenvalue weighted by molar-refractivity contribution is 0.0829. The van der Waals surface area contributed by atoms with Crippen molar-refractivity contribution in [3.8, 4) is 17.2 Å². The number of aliphatic hydroxyl groups excluding tert-OH is 1. The van der Waals surface area contributed by atoms with Crippen molar-refractivity contribution in [1.29, 1.82) is 0 Å². The zero-order valence-corrected chi connectivity index (χ0v) is 25.8. The van der Waals surface area contributed by atoms with Crippen molar-refractivity contribution >= 4 is 22.4 Å². The summed E-state index contributed by atoms with van der Waals surface area (Å²) in [5, 5.41) is 17.6. The summed E-state index contributed by atoms with van der Waals surface area (Å²) in [7, 11) is 0.201. The van der Waals surface area contributed by atoms with E-state index in [-0.39, 0.29) is 12.3 Å². The number of benzene rings is 3. The van der Waals surface area contributed by atoms with Crippen LogP contribution in [0.25, 0.3) is 0 Å². The molecular formula is C32H43N3O7S. The van der Waals surface area contributed by atoms with Crippen LogP contribution in [0.2, 0.25) is 0 Å². The van der Waals surface area contributed by atoms with Gasteiger partial charge in [0.25, 0.3) is 5.91 Å². The van der Waals surface area contributed by atoms with Crippen LogP contribution in [0, 0.1) is 0 Å². The SMILES string of the molecule is CCOc1cc(C(=O)N[C@@H](Cc2ccccc2)[C@H](O)CNCc2cc(OC)cc(OC)c2)cc(N2CCCCS2(O)O)c1. The van der Waals surface area contributed by atoms with E-state index in [2.05, 4.69) is 10.6 Å². The normalized spacial score (nSPS) is 16.6. The number of ether oxygens (including phenoxy) is 3. The fraction of sp³-hybridized carbons (Fsp3) is 0.406. The second kappa shape index (κ2) is 15.3. The van der Waals surface area contributed by atoms with E-state index in [1.807, 2.05) is 49.4 Å². The minimum absolute atomic E-state index is 0.218. The van der Waals surface area contributed by atoms with Gasteiger partial charge in [-0.2, -0.15) is 0 Å². The standard InChI is InChI=1S/C32H43N3O7S/c1-4-42-29-18-25(17-26(19-29)35-12-8-9-13-43(35,38)39)32(37)34-30(16-23-10-6-5-7-11-23)31(36)22-33-21-24-14-27(40-2)20-28(15-24)41-3/h5-7,10-11,14-15,17-20,30-31,33,36,38-39H,4,8-9,12-13,16,21-22H2,1-3H3,(H,34,37)/t30-,31+/m0/s1. The number of carbonyl (C=O) groups excluding carboxylic acids is 1. The predicted octanol–water partition coefficient (Wildman–Crippen LogP) is 4.86. The highest BCUT2D eigenvalue weighted by atomic mass is 32.3. The van der Waals surface area contributed by atoms with E-state index in [0.29, 0.717) is 54.6 Å². The first kappa shape index (κ1) is 32.4. The molecule has 0 aliphatic carbocycles. The van der Waals surface area contributed by atoms with Gasteiger partial charge < -0.3 is 30.0 Å². The molecule has 1 fully saturated rings. The van der Waals surface area contributed by atoms with Crippen LogP contribution in [0.3, 0.4) is 0 Å². The first-order chi connectivity index (χ1) is 20.7. The van der Waals surface area contributed by atoms with Crippen molar-refractivity contribution in [2.75, 3.05) is 44.0 Å². The number of rotatable bonds is 14. The summed E-state index contributed by atoms with van der Waals surface area (Å²) in [6.07, 6.45) is 1.04. The quantitative estimate of drug-likeness (QED) is 0.173. The van der Waals surface area contributed by atoms with E-state index >= 15 is 0 Å². The van der Waals surface area contributed by atoms with Crippen molar-refractivity contribution < 1.29 is 33.2 Å². The number of methoxy groups -OCH3 is 2. The molecule has 1 heterocycles. The molecule has 2 atom stereocenters. The summed E-state index contributed by atoms with van der Waals surface area (Å²) in [5.41, 5.74) is 2.72. The second-order valence-electron chi connectivity index (χ2n) is 10.5. The third kappa shape index (κ3) is 9.01. The molecule has 1 saturated heterocycles. The average molecular weight is 614 g/mol. The largest absolute Gasteiger partial charge is 0.497 e. The van der Waals surface area contributed by atoms with Crippen LogP contribution in [0.5, 0.6) is 17.2 Å². The summed E-state index contributed by atoms with van der Waals surface area (Å²) >= 11 is 0. The number of nitrogens with one attached hydrogen (secondary N) is 2. The van der Waals surface area contributed by atoms with E-state index < -0.39 is 28.8 Å². The molecule has 5 N–H and O–H groups in total. The van der Waals surface area contributed by atoms with Gasteiger partial charge in [-0.15, -0.1) is 10.8 Å². The van der Waals surface area contributed by atoms with Gasteiger partial charge in [0.15, 0.2) is 0 Å². The molecule has 1 aliphatic rings. The topological polar surface area (TPSA) is 133 Å². The second-order valence-corrected chi connectivity index (χ2v) is 12.6. The first-order valence-corrected chi connectivity index (χ1v) is 16.2. The highest BCUT2D eigenvalue weighted by molar-refractivity contribution is 8.25. The van der Waals surface area contributed by atoms with Crippen LogP contribution in [0.1, 0.15) is 41.3 Å². The van der Waals surface area contributed by atoms with Gasteiger partial charge in [-0.25, -0.2) is 0 Å². The number of nitrogens with zero attached hydrogens (tertiary/aromatic N) is 1. The Balaban J connectivity index is 1.52. The molecule has 10 nitrogen and oxygen atoms in total.